The molecule has 5 heterocycles. The zero-order valence-electron chi connectivity index (χ0n) is 29.5. The van der Waals surface area contributed by atoms with Crippen molar-refractivity contribution in [2.24, 2.45) is 5.92 Å². The summed E-state index contributed by atoms with van der Waals surface area (Å²) in [4.78, 5) is 85.7. The fourth-order valence-corrected chi connectivity index (χ4v) is 8.23. The first-order valence-electron chi connectivity index (χ1n) is 18.1. The maximum atomic E-state index is 15.0. The summed E-state index contributed by atoms with van der Waals surface area (Å²) >= 11 is 1.71. The van der Waals surface area contributed by atoms with Crippen LogP contribution in [0.3, 0.4) is 0 Å². The number of rotatable bonds is 13. The van der Waals surface area contributed by atoms with E-state index in [2.05, 4.69) is 20.6 Å². The van der Waals surface area contributed by atoms with Crippen LogP contribution in [-0.2, 0) is 29.6 Å². The summed E-state index contributed by atoms with van der Waals surface area (Å²) in [5.74, 6) is -1.72. The lowest BCUT2D eigenvalue weighted by atomic mass is 9.98. The van der Waals surface area contributed by atoms with Crippen molar-refractivity contribution in [2.75, 3.05) is 58.0 Å². The molecule has 15 nitrogen and oxygen atoms in total. The van der Waals surface area contributed by atoms with Gasteiger partial charge in [0.05, 0.1) is 35.6 Å². The lowest BCUT2D eigenvalue weighted by molar-refractivity contribution is -0.138. The maximum Gasteiger partial charge on any atom is 0.264 e. The fraction of sp³-hybridized carbons (Fsp3) is 0.486. The van der Waals surface area contributed by atoms with Crippen LogP contribution in [0.1, 0.15) is 65.1 Å². The van der Waals surface area contributed by atoms with E-state index in [1.807, 2.05) is 0 Å². The number of benzene rings is 2. The van der Waals surface area contributed by atoms with Gasteiger partial charge in [0.1, 0.15) is 35.4 Å². The highest BCUT2D eigenvalue weighted by Gasteiger charge is 2.45. The largest absolute Gasteiger partial charge is 0.493 e. The van der Waals surface area contributed by atoms with E-state index in [9.17, 15) is 33.2 Å². The molecule has 0 saturated carbocycles. The predicted octanol–water partition coefficient (Wildman–Crippen LogP) is 2.62. The van der Waals surface area contributed by atoms with Gasteiger partial charge in [0.25, 0.3) is 17.4 Å². The normalized spacial score (nSPS) is 19.7. The first-order chi connectivity index (χ1) is 26.2. The van der Waals surface area contributed by atoms with Gasteiger partial charge in [0, 0.05) is 62.3 Å². The Hall–Kier alpha value is -4.87. The van der Waals surface area contributed by atoms with Crippen molar-refractivity contribution in [3.63, 3.8) is 0 Å². The van der Waals surface area contributed by atoms with E-state index in [1.165, 1.54) is 12.1 Å². The van der Waals surface area contributed by atoms with Crippen LogP contribution in [0.25, 0.3) is 10.9 Å². The molecule has 17 heteroatoms. The van der Waals surface area contributed by atoms with Gasteiger partial charge in [-0.25, -0.2) is 9.37 Å². The minimum Gasteiger partial charge on any atom is -0.493 e. The Morgan fingerprint density at radius 1 is 1.04 bits per heavy atom. The van der Waals surface area contributed by atoms with Gasteiger partial charge in [-0.2, -0.15) is 11.8 Å². The molecule has 7 rings (SSSR count). The van der Waals surface area contributed by atoms with E-state index in [4.69, 9.17) is 14.2 Å². The van der Waals surface area contributed by atoms with Crippen LogP contribution in [0.4, 0.5) is 10.1 Å². The maximum absolute atomic E-state index is 15.0. The van der Waals surface area contributed by atoms with E-state index in [-0.39, 0.29) is 66.5 Å². The number of thioether (sulfide) groups is 1. The third-order valence-electron chi connectivity index (χ3n) is 10.1. The van der Waals surface area contributed by atoms with E-state index >= 15 is 0 Å². The van der Waals surface area contributed by atoms with E-state index in [0.29, 0.717) is 60.8 Å². The molecule has 1 aromatic heterocycles. The molecule has 0 bridgehead atoms. The molecular formula is C37H41FN6O9S. The Morgan fingerprint density at radius 2 is 1.83 bits per heavy atom. The number of nitrogens with zero attached hydrogens (tertiary/aromatic N) is 3. The number of piperidine rings is 2. The second-order valence-electron chi connectivity index (χ2n) is 13.7. The minimum absolute atomic E-state index is 0.0346. The van der Waals surface area contributed by atoms with Gasteiger partial charge in [0.15, 0.2) is 0 Å². The van der Waals surface area contributed by atoms with Gasteiger partial charge >= 0.3 is 0 Å². The number of aromatic nitrogens is 2. The molecule has 0 aliphatic carbocycles. The van der Waals surface area contributed by atoms with Gasteiger partial charge in [-0.15, -0.1) is 0 Å². The number of ether oxygens (including phenoxy) is 3. The molecule has 2 aromatic carbocycles. The molecular weight excluding hydrogens is 724 g/mol. The summed E-state index contributed by atoms with van der Waals surface area (Å²) in [6.07, 6.45) is 3.37. The number of likely N-dealkylation sites (tertiary alicyclic amines) is 1. The number of fused-ring (bicyclic) bond motifs is 2. The fourth-order valence-electron chi connectivity index (χ4n) is 7.17. The molecule has 54 heavy (non-hydrogen) atoms. The molecule has 5 amide bonds. The number of imide groups is 2. The summed E-state index contributed by atoms with van der Waals surface area (Å²) in [6.45, 7) is 3.07. The van der Waals surface area contributed by atoms with Crippen molar-refractivity contribution in [3.05, 3.63) is 63.5 Å². The lowest BCUT2D eigenvalue weighted by Gasteiger charge is -2.31. The Labute approximate surface area is 313 Å². The van der Waals surface area contributed by atoms with Crippen LogP contribution in [-0.4, -0.2) is 113 Å². The minimum atomic E-state index is -1.06. The third kappa shape index (κ3) is 8.27. The predicted molar refractivity (Wildman–Crippen MR) is 195 cm³/mol. The molecule has 4 aliphatic rings. The average Bonchev–Trinajstić information content (AvgIpc) is 3.42. The van der Waals surface area contributed by atoms with Crippen LogP contribution in [0.2, 0.25) is 0 Å². The van der Waals surface area contributed by atoms with Crippen LogP contribution in [0, 0.1) is 11.7 Å². The molecule has 1 unspecified atom stereocenters. The Morgan fingerprint density at radius 3 is 2.61 bits per heavy atom. The van der Waals surface area contributed by atoms with E-state index < -0.39 is 41.0 Å². The number of halogens is 1. The van der Waals surface area contributed by atoms with Crippen molar-refractivity contribution in [3.8, 4) is 5.75 Å². The van der Waals surface area contributed by atoms with Crippen LogP contribution >= 0.6 is 11.8 Å². The molecule has 4 aliphatic heterocycles. The van der Waals surface area contributed by atoms with Crippen molar-refractivity contribution in [2.45, 2.75) is 55.6 Å². The SMILES string of the molecule is O=C1CCC(N2C(=O)c3cccc(NCCOCC(=O)N4CCC(COc5cc(F)c6c(=O)[nH]c(CSC7CCOCC7)nc6c5)CC4)c3C2=O)C(=O)N1. The van der Waals surface area contributed by atoms with Crippen LogP contribution < -0.4 is 20.9 Å². The number of anilines is 1. The van der Waals surface area contributed by atoms with E-state index in [1.54, 1.807) is 34.9 Å². The highest BCUT2D eigenvalue weighted by atomic mass is 32.2. The summed E-state index contributed by atoms with van der Waals surface area (Å²) in [5.41, 5.74) is 0.457. The van der Waals surface area contributed by atoms with Crippen LogP contribution in [0.5, 0.6) is 5.75 Å². The molecule has 0 radical (unpaired) electrons. The third-order valence-corrected chi connectivity index (χ3v) is 11.5. The Balaban J connectivity index is 0.837. The van der Waals surface area contributed by atoms with Gasteiger partial charge < -0.3 is 29.4 Å². The first kappa shape index (κ1) is 37.4. The van der Waals surface area contributed by atoms with Crippen molar-refractivity contribution in [1.29, 1.82) is 0 Å². The average molecular weight is 765 g/mol. The first-order valence-corrected chi connectivity index (χ1v) is 19.2. The number of aromatic amines is 1. The van der Waals surface area contributed by atoms with Crippen LogP contribution in [0.15, 0.2) is 35.1 Å². The number of nitrogens with one attached hydrogen (secondary N) is 3. The molecule has 3 saturated heterocycles. The topological polar surface area (TPSA) is 189 Å². The molecule has 3 fully saturated rings. The number of hydrogen-bond donors (Lipinski definition) is 3. The molecule has 3 aromatic rings. The van der Waals surface area contributed by atoms with Crippen molar-refractivity contribution >= 4 is 57.9 Å². The summed E-state index contributed by atoms with van der Waals surface area (Å²) < 4.78 is 32.0. The Kier molecular flexibility index (Phi) is 11.5. The second kappa shape index (κ2) is 16.7. The van der Waals surface area contributed by atoms with Gasteiger partial charge in [-0.3, -0.25) is 39.0 Å². The van der Waals surface area contributed by atoms with Crippen molar-refractivity contribution in [1.82, 2.24) is 25.1 Å². The molecule has 1 atom stereocenters. The zero-order chi connectivity index (χ0) is 37.8. The number of amides is 5. The van der Waals surface area contributed by atoms with Gasteiger partial charge in [-0.1, -0.05) is 6.07 Å². The molecule has 0 spiro atoms. The molecule has 3 N–H and O–H groups in total. The standard InChI is InChI=1S/C37H41FN6O9S/c38-25-16-22(17-27-33(25)35(48)41-29(40-27)20-54-23-8-13-51-14-9-23)53-18-21-6-11-43(12-7-21)31(46)19-52-15-10-39-26-3-1-2-24-32(26)37(50)44(36(24)49)28-4-5-30(45)42-34(28)47/h1-3,16-17,21,23,28,39H,4-15,18-20H2,(H,40,41,48)(H,42,45,47). The summed E-state index contributed by atoms with van der Waals surface area (Å²) in [5, 5.41) is 5.61. The smallest absolute Gasteiger partial charge is 0.264 e. The van der Waals surface area contributed by atoms with Crippen molar-refractivity contribution < 1.29 is 42.6 Å². The van der Waals surface area contributed by atoms with E-state index in [0.717, 1.165) is 31.0 Å². The number of carbonyl (C=O) groups excluding carboxylic acids is 5. The highest BCUT2D eigenvalue weighted by molar-refractivity contribution is 7.99. The summed E-state index contributed by atoms with van der Waals surface area (Å²) in [7, 11) is 0. The highest BCUT2D eigenvalue weighted by Crippen LogP contribution is 2.32. The zero-order valence-corrected chi connectivity index (χ0v) is 30.3. The number of H-pyrrole nitrogens is 1. The van der Waals surface area contributed by atoms with Gasteiger partial charge in [-0.05, 0) is 50.2 Å². The lowest BCUT2D eigenvalue weighted by Crippen LogP contribution is -2.54. The monoisotopic (exact) mass is 764 g/mol. The number of carbonyl (C=O) groups is 5. The quantitative estimate of drug-likeness (QED) is 0.171. The summed E-state index contributed by atoms with van der Waals surface area (Å²) in [6, 6.07) is 6.55. The second-order valence-corrected chi connectivity index (χ2v) is 15.0. The Bertz CT molecular complexity index is 2010. The number of hydrogen-bond acceptors (Lipinski definition) is 12. The van der Waals surface area contributed by atoms with Gasteiger partial charge in [0.2, 0.25) is 17.7 Å². The molecule has 286 valence electrons.